The van der Waals surface area contributed by atoms with E-state index in [1.807, 2.05) is 0 Å². The van der Waals surface area contributed by atoms with Crippen molar-refractivity contribution < 1.29 is 46.1 Å². The smallest absolute Gasteiger partial charge is 1.00 e. The molecule has 0 aliphatic heterocycles. The number of benzene rings is 4. The summed E-state index contributed by atoms with van der Waals surface area (Å²) in [6, 6.07) is 34.7. The van der Waals surface area contributed by atoms with Crippen LogP contribution in [-0.2, 0) is 51.4 Å². The molecular weight excluding hydrogens is 655 g/mol. The van der Waals surface area contributed by atoms with Crippen molar-refractivity contribution in [3.05, 3.63) is 146 Å². The van der Waals surface area contributed by atoms with Crippen LogP contribution in [0.15, 0.2) is 113 Å². The van der Waals surface area contributed by atoms with Crippen LogP contribution >= 0.6 is 0 Å². The minimum atomic E-state index is -2.54. The van der Waals surface area contributed by atoms with E-state index in [1.54, 1.807) is 15.3 Å². The van der Waals surface area contributed by atoms with Gasteiger partial charge < -0.3 is 24.8 Å². The molecule has 0 bridgehead atoms. The predicted molar refractivity (Wildman–Crippen MR) is 179 cm³/mol. The predicted octanol–water partition coefficient (Wildman–Crippen LogP) is 3.61. The molecule has 2 aliphatic rings. The summed E-state index contributed by atoms with van der Waals surface area (Å²) in [6.45, 7) is 14.3. The summed E-state index contributed by atoms with van der Waals surface area (Å²) in [5, 5.41) is 0. The molecule has 0 aromatic heterocycles. The first-order valence-electron chi connectivity index (χ1n) is 15.6. The van der Waals surface area contributed by atoms with Gasteiger partial charge in [-0.2, -0.15) is 0 Å². The van der Waals surface area contributed by atoms with Gasteiger partial charge in [-0.1, -0.05) is 0 Å². The van der Waals surface area contributed by atoms with Crippen molar-refractivity contribution in [3.8, 4) is 11.1 Å². The van der Waals surface area contributed by atoms with Crippen molar-refractivity contribution in [3.63, 3.8) is 0 Å². The number of hydrogen-bond acceptors (Lipinski definition) is 0. The van der Waals surface area contributed by atoms with E-state index >= 15 is 0 Å². The molecule has 0 amide bonds. The maximum absolute atomic E-state index is 2.67. The molecule has 0 heterocycles. The van der Waals surface area contributed by atoms with Gasteiger partial charge in [0.25, 0.3) is 0 Å². The Labute approximate surface area is 285 Å². The molecule has 4 aromatic rings. The van der Waals surface area contributed by atoms with E-state index in [0.29, 0.717) is 0 Å². The van der Waals surface area contributed by atoms with Gasteiger partial charge in [0.2, 0.25) is 0 Å². The Morgan fingerprint density at radius 2 is 1.32 bits per heavy atom. The molecule has 0 spiro atoms. The molecule has 0 saturated heterocycles. The zero-order valence-corrected chi connectivity index (χ0v) is 30.9. The molecule has 0 unspecified atom stereocenters. The van der Waals surface area contributed by atoms with Gasteiger partial charge in [-0.25, -0.2) is 0 Å². The van der Waals surface area contributed by atoms with Crippen LogP contribution in [0.25, 0.3) is 11.1 Å². The maximum atomic E-state index is 2.67. The molecule has 2 aliphatic carbocycles. The summed E-state index contributed by atoms with van der Waals surface area (Å²) in [4.78, 5) is 0. The van der Waals surface area contributed by atoms with Crippen molar-refractivity contribution in [1.29, 1.82) is 0 Å². The zero-order chi connectivity index (χ0) is 29.5. The van der Waals surface area contributed by atoms with Crippen molar-refractivity contribution in [2.24, 2.45) is 0 Å². The number of hydrogen-bond donors (Lipinski definition) is 0. The Kier molecular flexibility index (Phi) is 11.0. The normalized spacial score (nSPS) is 13.2. The second kappa shape index (κ2) is 14.0. The average molecular weight is 699 g/mol. The van der Waals surface area contributed by atoms with E-state index in [2.05, 4.69) is 151 Å². The van der Waals surface area contributed by atoms with Gasteiger partial charge >= 0.3 is 263 Å². The molecule has 0 fully saturated rings. The summed E-state index contributed by atoms with van der Waals surface area (Å²) < 4.78 is 5.22. The van der Waals surface area contributed by atoms with Crippen LogP contribution in [0.2, 0.25) is 0 Å². The minimum Gasteiger partial charge on any atom is -1.00 e. The summed E-state index contributed by atoms with van der Waals surface area (Å²) in [5.41, 5.74) is 12.2. The molecule has 226 valence electrons. The molecule has 0 atom stereocenters. The molecule has 0 nitrogen and oxygen atoms in total. The largest absolute Gasteiger partial charge is 1.00 e. The molecule has 4 aromatic carbocycles. The fourth-order valence-electron chi connectivity index (χ4n) is 6.77. The molecule has 0 radical (unpaired) electrons. The maximum Gasteiger partial charge on any atom is -1.00 e. The van der Waals surface area contributed by atoms with Crippen molar-refractivity contribution in [1.82, 2.24) is 0 Å². The van der Waals surface area contributed by atoms with E-state index < -0.39 is 21.3 Å². The number of halogens is 2. The van der Waals surface area contributed by atoms with E-state index in [0.717, 1.165) is 25.7 Å². The van der Waals surface area contributed by atoms with Gasteiger partial charge in [-0.05, 0) is 0 Å². The standard InChI is InChI=1S/C21H25.C15H14.C5H5.2ClH.Zr/c1-20(2,3)16-11-10-14-12-15-8-7-9-18(21(4,5)6)19(15)17(14)13-16;1-3-8-14(9-4-1)12-7-13-15-10-5-2-6-11-15;1-2-4-5-3-1;;;/h7-9,11,13H,12H2,1-6H3;1-6,8-11H,12-13H2;1-3H,4H2;2*1H;/q;;;;;+2/p-2. The van der Waals surface area contributed by atoms with Crippen LogP contribution in [0.3, 0.4) is 0 Å². The van der Waals surface area contributed by atoms with Gasteiger partial charge in [-0.3, -0.25) is 0 Å². The first kappa shape index (κ1) is 34.6. The fourth-order valence-corrected chi connectivity index (χ4v) is 15.0. The molecule has 6 rings (SSSR count). The van der Waals surface area contributed by atoms with Crippen LogP contribution in [0.1, 0.15) is 81.3 Å². The van der Waals surface area contributed by atoms with Crippen LogP contribution in [0.4, 0.5) is 0 Å². The second-order valence-corrected chi connectivity index (χ2v) is 20.7. The second-order valence-electron chi connectivity index (χ2n) is 14.2. The molecule has 3 heteroatoms. The first-order chi connectivity index (χ1) is 20.1. The summed E-state index contributed by atoms with van der Waals surface area (Å²) in [6.07, 6.45) is 11.5. The summed E-state index contributed by atoms with van der Waals surface area (Å²) in [5.74, 6) is 0. The monoisotopic (exact) mass is 696 g/mol. The van der Waals surface area contributed by atoms with Gasteiger partial charge in [-0.15, -0.1) is 0 Å². The average Bonchev–Trinajstić information content (AvgIpc) is 3.61. The van der Waals surface area contributed by atoms with E-state index in [-0.39, 0.29) is 35.6 Å². The van der Waals surface area contributed by atoms with Gasteiger partial charge in [0.05, 0.1) is 0 Å². The van der Waals surface area contributed by atoms with Gasteiger partial charge in [0.15, 0.2) is 0 Å². The molecule has 44 heavy (non-hydrogen) atoms. The third-order valence-corrected chi connectivity index (χ3v) is 16.5. The first-order valence-corrected chi connectivity index (χ1v) is 19.2. The van der Waals surface area contributed by atoms with Crippen LogP contribution in [-0.4, -0.2) is 3.21 Å². The van der Waals surface area contributed by atoms with E-state index in [4.69, 9.17) is 0 Å². The summed E-state index contributed by atoms with van der Waals surface area (Å²) >= 11 is -2.54. The third kappa shape index (κ3) is 7.22. The van der Waals surface area contributed by atoms with Gasteiger partial charge in [0.1, 0.15) is 0 Å². The minimum absolute atomic E-state index is 0. The Balaban J connectivity index is 0.00000221. The molecule has 0 saturated carbocycles. The SMILES string of the molecule is CC(C)(C)c1cc2c([c]([Zr+2]([C]3=CC=CC3)=[C](Cc3ccccc3)Cc3ccccc3)c1)Cc1cccc(C(C)(C)C)c1-2.[Cl-].[Cl-]. The van der Waals surface area contributed by atoms with Crippen molar-refractivity contribution >= 4 is 6.48 Å². The van der Waals surface area contributed by atoms with Crippen LogP contribution in [0, 0.1) is 0 Å². The fraction of sp³-hybridized carbons (Fsp3) is 0.293. The Morgan fingerprint density at radius 1 is 0.705 bits per heavy atom. The van der Waals surface area contributed by atoms with Gasteiger partial charge in [0, 0.05) is 0 Å². The van der Waals surface area contributed by atoms with E-state index in [9.17, 15) is 0 Å². The Morgan fingerprint density at radius 3 is 1.84 bits per heavy atom. The van der Waals surface area contributed by atoms with Crippen LogP contribution in [0.5, 0.6) is 0 Å². The molecular formula is C41H44Cl2Zr. The van der Waals surface area contributed by atoms with Crippen LogP contribution < -0.4 is 28.1 Å². The van der Waals surface area contributed by atoms with Crippen molar-refractivity contribution in [2.75, 3.05) is 0 Å². The zero-order valence-electron chi connectivity index (χ0n) is 27.0. The number of rotatable bonds is 6. The quantitative estimate of drug-likeness (QED) is 0.255. The van der Waals surface area contributed by atoms with Crippen molar-refractivity contribution in [2.45, 2.75) is 78.1 Å². The third-order valence-electron chi connectivity index (χ3n) is 8.95. The Hall–Kier alpha value is -2.31. The topological polar surface area (TPSA) is 0 Å². The number of fused-ring (bicyclic) bond motifs is 3. The Bertz CT molecular complexity index is 1670. The molecule has 0 N–H and O–H groups in total. The van der Waals surface area contributed by atoms with E-state index in [1.165, 1.54) is 38.9 Å². The summed E-state index contributed by atoms with van der Waals surface area (Å²) in [7, 11) is 0. The number of allylic oxidation sites excluding steroid dienone is 4.